The fraction of sp³-hybridized carbons (Fsp3) is 0.0256. The van der Waals surface area contributed by atoms with Crippen LogP contribution in [0.4, 0.5) is 0 Å². The molecule has 0 saturated carbocycles. The highest BCUT2D eigenvalue weighted by Gasteiger charge is 2.34. The zero-order valence-corrected chi connectivity index (χ0v) is 24.2. The van der Waals surface area contributed by atoms with E-state index < -0.39 is 29.1 Å². The number of carboxylic acids is 1. The average molecular weight is 591 g/mol. The summed E-state index contributed by atoms with van der Waals surface area (Å²) < 4.78 is 5.11. The molecule has 45 heavy (non-hydrogen) atoms. The quantitative estimate of drug-likeness (QED) is 0.142. The highest BCUT2D eigenvalue weighted by atomic mass is 16.5. The molecule has 0 amide bonds. The van der Waals surface area contributed by atoms with Crippen LogP contribution in [0.5, 0.6) is 0 Å². The minimum atomic E-state index is -1.43. The first-order chi connectivity index (χ1) is 21.9. The summed E-state index contributed by atoms with van der Waals surface area (Å²) in [7, 11) is 1.27. The zero-order valence-electron chi connectivity index (χ0n) is 24.2. The fourth-order valence-corrected chi connectivity index (χ4v) is 5.74. The summed E-state index contributed by atoms with van der Waals surface area (Å²) in [5, 5.41) is 11.6. The number of carbonyl (C=O) groups is 4. The van der Waals surface area contributed by atoms with Crippen LogP contribution in [-0.2, 0) is 4.74 Å². The standard InChI is InChI=1S/C39H26O6/c1-45-39(44)28-22-29(24-14-6-2-7-15-24)32-30(23-28)31(25-16-8-3-9-17-25)33(36(40)26-18-10-4-11-19-26)35(38(42)43)34(32)37(41)27-20-12-5-13-21-27/h2-23H,1H3,(H,42,43). The van der Waals surface area contributed by atoms with Crippen molar-refractivity contribution in [1.82, 2.24) is 0 Å². The monoisotopic (exact) mass is 590 g/mol. The molecular formula is C39H26O6. The Hall–Kier alpha value is -6.14. The van der Waals surface area contributed by atoms with Gasteiger partial charge in [-0.25, -0.2) is 9.59 Å². The van der Waals surface area contributed by atoms with Crippen LogP contribution in [0.1, 0.15) is 52.6 Å². The van der Waals surface area contributed by atoms with Crippen LogP contribution < -0.4 is 0 Å². The molecule has 0 unspecified atom stereocenters. The Morgan fingerprint density at radius 3 is 1.49 bits per heavy atom. The number of fused-ring (bicyclic) bond motifs is 1. The number of aromatic carboxylic acids is 1. The Morgan fingerprint density at radius 2 is 1.00 bits per heavy atom. The van der Waals surface area contributed by atoms with Gasteiger partial charge in [0.05, 0.1) is 18.2 Å². The number of carboxylic acid groups (broad SMARTS) is 1. The van der Waals surface area contributed by atoms with Gasteiger partial charge in [0.2, 0.25) is 0 Å². The van der Waals surface area contributed by atoms with E-state index in [-0.39, 0.29) is 27.8 Å². The predicted octanol–water partition coefficient (Wildman–Crippen LogP) is 8.12. The van der Waals surface area contributed by atoms with Crippen LogP contribution in [0.2, 0.25) is 0 Å². The maximum absolute atomic E-state index is 14.5. The highest BCUT2D eigenvalue weighted by molar-refractivity contribution is 6.32. The van der Waals surface area contributed by atoms with Gasteiger partial charge in [-0.05, 0) is 34.2 Å². The second-order valence-corrected chi connectivity index (χ2v) is 10.4. The third-order valence-corrected chi connectivity index (χ3v) is 7.72. The molecule has 0 radical (unpaired) electrons. The van der Waals surface area contributed by atoms with Crippen molar-refractivity contribution in [3.63, 3.8) is 0 Å². The summed E-state index contributed by atoms with van der Waals surface area (Å²) in [6, 6.07) is 37.9. The van der Waals surface area contributed by atoms with Crippen LogP contribution in [0.25, 0.3) is 33.0 Å². The van der Waals surface area contributed by atoms with Crippen molar-refractivity contribution < 1.29 is 29.0 Å². The van der Waals surface area contributed by atoms with Crippen LogP contribution in [0.15, 0.2) is 133 Å². The van der Waals surface area contributed by atoms with E-state index >= 15 is 0 Å². The van der Waals surface area contributed by atoms with E-state index in [0.29, 0.717) is 33.0 Å². The number of rotatable bonds is 8. The molecule has 6 aromatic carbocycles. The molecule has 218 valence electrons. The Labute approximate surface area is 259 Å². The van der Waals surface area contributed by atoms with E-state index in [2.05, 4.69) is 0 Å². The molecule has 0 saturated heterocycles. The molecule has 0 fully saturated rings. The summed E-state index contributed by atoms with van der Waals surface area (Å²) >= 11 is 0. The summed E-state index contributed by atoms with van der Waals surface area (Å²) in [5.41, 5.74) is 1.93. The lowest BCUT2D eigenvalue weighted by molar-refractivity contribution is 0.0600. The van der Waals surface area contributed by atoms with Gasteiger partial charge < -0.3 is 9.84 Å². The Balaban J connectivity index is 1.92. The second-order valence-electron chi connectivity index (χ2n) is 10.4. The maximum atomic E-state index is 14.5. The van der Waals surface area contributed by atoms with E-state index in [9.17, 15) is 24.3 Å². The molecule has 6 rings (SSSR count). The van der Waals surface area contributed by atoms with Gasteiger partial charge >= 0.3 is 11.9 Å². The smallest absolute Gasteiger partial charge is 0.337 e. The molecule has 0 heterocycles. The number of hydrogen-bond donors (Lipinski definition) is 1. The first kappa shape index (κ1) is 29.0. The van der Waals surface area contributed by atoms with Gasteiger partial charge in [0, 0.05) is 33.2 Å². The summed E-state index contributed by atoms with van der Waals surface area (Å²) in [6.07, 6.45) is 0. The lowest BCUT2D eigenvalue weighted by Crippen LogP contribution is -2.19. The first-order valence-electron chi connectivity index (χ1n) is 14.2. The molecule has 0 aliphatic rings. The molecular weight excluding hydrogens is 564 g/mol. The van der Waals surface area contributed by atoms with Gasteiger partial charge in [-0.2, -0.15) is 0 Å². The van der Waals surface area contributed by atoms with E-state index in [4.69, 9.17) is 4.74 Å². The van der Waals surface area contributed by atoms with Crippen molar-refractivity contribution in [3.8, 4) is 22.3 Å². The fourth-order valence-electron chi connectivity index (χ4n) is 5.74. The average Bonchev–Trinajstić information content (AvgIpc) is 3.10. The summed E-state index contributed by atoms with van der Waals surface area (Å²) in [5.74, 6) is -3.19. The van der Waals surface area contributed by atoms with Crippen molar-refractivity contribution in [2.45, 2.75) is 0 Å². The molecule has 6 nitrogen and oxygen atoms in total. The van der Waals surface area contributed by atoms with Gasteiger partial charge in [-0.1, -0.05) is 121 Å². The Bertz CT molecular complexity index is 2090. The van der Waals surface area contributed by atoms with Crippen LogP contribution >= 0.6 is 0 Å². The Morgan fingerprint density at radius 1 is 0.533 bits per heavy atom. The number of esters is 1. The van der Waals surface area contributed by atoms with Crippen LogP contribution in [0, 0.1) is 0 Å². The zero-order chi connectivity index (χ0) is 31.5. The SMILES string of the molecule is COC(=O)c1cc(-c2ccccc2)c2c(C(=O)c3ccccc3)c(C(=O)O)c(C(=O)c3ccccc3)c(-c3ccccc3)c2c1. The van der Waals surface area contributed by atoms with Crippen LogP contribution in [-0.4, -0.2) is 35.7 Å². The van der Waals surface area contributed by atoms with E-state index in [0.717, 1.165) is 0 Å². The van der Waals surface area contributed by atoms with E-state index in [1.54, 1.807) is 97.1 Å². The summed E-state index contributed by atoms with van der Waals surface area (Å²) in [6.45, 7) is 0. The van der Waals surface area contributed by atoms with Crippen molar-refractivity contribution in [1.29, 1.82) is 0 Å². The van der Waals surface area contributed by atoms with Crippen molar-refractivity contribution in [3.05, 3.63) is 167 Å². The number of benzene rings is 6. The van der Waals surface area contributed by atoms with Crippen molar-refractivity contribution in [2.24, 2.45) is 0 Å². The largest absolute Gasteiger partial charge is 0.478 e. The second kappa shape index (κ2) is 12.2. The van der Waals surface area contributed by atoms with Gasteiger partial charge in [-0.15, -0.1) is 0 Å². The molecule has 6 aromatic rings. The number of carbonyl (C=O) groups excluding carboxylic acids is 3. The van der Waals surface area contributed by atoms with Gasteiger partial charge in [0.1, 0.15) is 0 Å². The third kappa shape index (κ3) is 5.30. The molecule has 1 N–H and O–H groups in total. The van der Waals surface area contributed by atoms with E-state index in [1.165, 1.54) is 7.11 Å². The number of hydrogen-bond acceptors (Lipinski definition) is 5. The highest BCUT2D eigenvalue weighted by Crippen LogP contribution is 2.44. The molecule has 0 atom stereocenters. The molecule has 0 bridgehead atoms. The minimum absolute atomic E-state index is 0.141. The minimum Gasteiger partial charge on any atom is -0.478 e. The normalized spacial score (nSPS) is 10.8. The van der Waals surface area contributed by atoms with Crippen LogP contribution in [0.3, 0.4) is 0 Å². The van der Waals surface area contributed by atoms with Crippen molar-refractivity contribution in [2.75, 3.05) is 7.11 Å². The molecule has 6 heteroatoms. The molecule has 0 aliphatic carbocycles. The van der Waals surface area contributed by atoms with Crippen molar-refractivity contribution >= 4 is 34.3 Å². The number of ether oxygens (including phenoxy) is 1. The van der Waals surface area contributed by atoms with E-state index in [1.807, 2.05) is 36.4 Å². The third-order valence-electron chi connectivity index (χ3n) is 7.72. The number of ketones is 2. The predicted molar refractivity (Wildman–Crippen MR) is 173 cm³/mol. The summed E-state index contributed by atoms with van der Waals surface area (Å²) in [4.78, 5) is 55.5. The molecule has 0 aliphatic heterocycles. The van der Waals surface area contributed by atoms with Gasteiger partial charge in [-0.3, -0.25) is 9.59 Å². The lowest BCUT2D eigenvalue weighted by atomic mass is 9.78. The lowest BCUT2D eigenvalue weighted by Gasteiger charge is -2.23. The molecule has 0 aromatic heterocycles. The van der Waals surface area contributed by atoms with Gasteiger partial charge in [0.15, 0.2) is 11.6 Å². The molecule has 0 spiro atoms. The number of methoxy groups -OCH3 is 1. The maximum Gasteiger partial charge on any atom is 0.337 e. The van der Waals surface area contributed by atoms with Gasteiger partial charge in [0.25, 0.3) is 0 Å². The first-order valence-corrected chi connectivity index (χ1v) is 14.2. The topological polar surface area (TPSA) is 97.7 Å². The Kier molecular flexibility index (Phi) is 7.87.